The average Bonchev–Trinajstić information content (AvgIpc) is 2.42. The monoisotopic (exact) mass is 358 g/mol. The molecule has 1 saturated heterocycles. The second kappa shape index (κ2) is 5.97. The van der Waals surface area contributed by atoms with Gasteiger partial charge in [0.25, 0.3) is 0 Å². The lowest BCUT2D eigenvalue weighted by Gasteiger charge is -2.19. The largest absolute Gasteiger partial charge is 0.463 e. The predicted molar refractivity (Wildman–Crippen MR) is 62.5 cm³/mol. The second-order valence-electron chi connectivity index (χ2n) is 3.35. The van der Waals surface area contributed by atoms with Crippen LogP contribution in [-0.4, -0.2) is 40.6 Å². The second-order valence-corrected chi connectivity index (χ2v) is 5.31. The fourth-order valence-electron chi connectivity index (χ4n) is 1.34. The molecule has 1 fully saturated rings. The molecular weight excluding hydrogens is 348 g/mol. The molecule has 16 heavy (non-hydrogen) atoms. The van der Waals surface area contributed by atoms with E-state index in [-0.39, 0.29) is 16.4 Å². The maximum atomic E-state index is 10.9. The normalized spacial score (nSPS) is 33.5. The molecule has 1 aliphatic heterocycles. The Kier molecular flexibility index (Phi) is 5.20. The van der Waals surface area contributed by atoms with Gasteiger partial charge in [0, 0.05) is 13.8 Å². The number of hydrogen-bond donors (Lipinski definition) is 0. The van der Waals surface area contributed by atoms with Crippen molar-refractivity contribution in [1.29, 1.82) is 0 Å². The standard InChI is InChI=1S/C9H12Br2O5/c1-4(12)14-3-6-8(15-5(2)13)7(10)9(11)16-6/h6-9H,3H2,1-2H3/t6-,7+,8-,9+/m1/s1. The number of halogens is 2. The van der Waals surface area contributed by atoms with Crippen LogP contribution in [0.2, 0.25) is 0 Å². The summed E-state index contributed by atoms with van der Waals surface area (Å²) in [5.74, 6) is -0.790. The smallest absolute Gasteiger partial charge is 0.303 e. The van der Waals surface area contributed by atoms with Crippen molar-refractivity contribution in [3.8, 4) is 0 Å². The third-order valence-electron chi connectivity index (χ3n) is 1.99. The van der Waals surface area contributed by atoms with Crippen LogP contribution < -0.4 is 0 Å². The minimum absolute atomic E-state index is 0.0669. The van der Waals surface area contributed by atoms with Crippen molar-refractivity contribution in [3.63, 3.8) is 0 Å². The van der Waals surface area contributed by atoms with Crippen molar-refractivity contribution in [2.75, 3.05) is 6.61 Å². The third-order valence-corrected chi connectivity index (χ3v) is 4.48. The first-order chi connectivity index (χ1) is 7.41. The van der Waals surface area contributed by atoms with Gasteiger partial charge >= 0.3 is 11.9 Å². The van der Waals surface area contributed by atoms with Crippen molar-refractivity contribution in [3.05, 3.63) is 0 Å². The molecular formula is C9H12Br2O5. The highest BCUT2D eigenvalue weighted by atomic mass is 79.9. The van der Waals surface area contributed by atoms with Crippen LogP contribution in [0.1, 0.15) is 13.8 Å². The van der Waals surface area contributed by atoms with Crippen LogP contribution in [-0.2, 0) is 23.8 Å². The molecule has 1 rings (SSSR count). The van der Waals surface area contributed by atoms with Gasteiger partial charge in [-0.25, -0.2) is 0 Å². The number of hydrogen-bond acceptors (Lipinski definition) is 5. The Labute approximate surface area is 110 Å². The molecule has 5 nitrogen and oxygen atoms in total. The topological polar surface area (TPSA) is 61.8 Å². The Balaban J connectivity index is 2.59. The predicted octanol–water partition coefficient (Wildman–Crippen LogP) is 1.36. The van der Waals surface area contributed by atoms with Gasteiger partial charge in [-0.1, -0.05) is 31.9 Å². The molecule has 0 aromatic carbocycles. The quantitative estimate of drug-likeness (QED) is 0.562. The Hall–Kier alpha value is -0.140. The number of esters is 2. The lowest BCUT2D eigenvalue weighted by atomic mass is 10.2. The Morgan fingerprint density at radius 2 is 1.88 bits per heavy atom. The highest BCUT2D eigenvalue weighted by Gasteiger charge is 2.44. The molecule has 92 valence electrons. The summed E-state index contributed by atoms with van der Waals surface area (Å²) in [7, 11) is 0. The van der Waals surface area contributed by atoms with Gasteiger partial charge in [-0.05, 0) is 0 Å². The van der Waals surface area contributed by atoms with Gasteiger partial charge < -0.3 is 14.2 Å². The number of rotatable bonds is 3. The molecule has 0 aliphatic carbocycles. The molecule has 1 aliphatic rings. The number of carbonyl (C=O) groups excluding carboxylic acids is 2. The van der Waals surface area contributed by atoms with E-state index in [9.17, 15) is 9.59 Å². The first-order valence-corrected chi connectivity index (χ1v) is 6.49. The van der Waals surface area contributed by atoms with Gasteiger partial charge in [-0.3, -0.25) is 9.59 Å². The van der Waals surface area contributed by atoms with Gasteiger partial charge in [-0.15, -0.1) is 0 Å². The Morgan fingerprint density at radius 1 is 1.25 bits per heavy atom. The molecule has 0 bridgehead atoms. The van der Waals surface area contributed by atoms with Gasteiger partial charge in [0.15, 0.2) is 0 Å². The number of ether oxygens (including phenoxy) is 3. The molecule has 0 radical (unpaired) electrons. The molecule has 0 aromatic rings. The molecule has 7 heteroatoms. The number of carbonyl (C=O) groups is 2. The van der Waals surface area contributed by atoms with Gasteiger partial charge in [0.1, 0.15) is 23.8 Å². The average molecular weight is 360 g/mol. The maximum absolute atomic E-state index is 10.9. The van der Waals surface area contributed by atoms with Crippen molar-refractivity contribution < 1.29 is 23.8 Å². The molecule has 0 amide bonds. The molecule has 0 aromatic heterocycles. The Morgan fingerprint density at radius 3 is 2.38 bits per heavy atom. The first kappa shape index (κ1) is 13.9. The maximum Gasteiger partial charge on any atom is 0.303 e. The van der Waals surface area contributed by atoms with Gasteiger partial charge in [0.05, 0.1) is 4.83 Å². The zero-order valence-electron chi connectivity index (χ0n) is 8.81. The Bertz CT molecular complexity index is 283. The summed E-state index contributed by atoms with van der Waals surface area (Å²) in [5, 5.41) is -0.280. The molecule has 0 unspecified atom stereocenters. The van der Waals surface area contributed by atoms with E-state index >= 15 is 0 Å². The van der Waals surface area contributed by atoms with E-state index in [0.29, 0.717) is 0 Å². The summed E-state index contributed by atoms with van der Waals surface area (Å²) in [6, 6.07) is 0. The zero-order chi connectivity index (χ0) is 12.3. The molecule has 0 spiro atoms. The summed E-state index contributed by atoms with van der Waals surface area (Å²) in [4.78, 5) is 21.4. The summed E-state index contributed by atoms with van der Waals surface area (Å²) >= 11 is 6.64. The fraction of sp³-hybridized carbons (Fsp3) is 0.778. The summed E-state index contributed by atoms with van der Waals surface area (Å²) in [6.45, 7) is 2.70. The highest BCUT2D eigenvalue weighted by Crippen LogP contribution is 2.33. The van der Waals surface area contributed by atoms with E-state index < -0.39 is 24.1 Å². The van der Waals surface area contributed by atoms with Gasteiger partial charge in [-0.2, -0.15) is 0 Å². The first-order valence-electron chi connectivity index (χ1n) is 4.66. The van der Waals surface area contributed by atoms with Crippen LogP contribution in [0, 0.1) is 0 Å². The van der Waals surface area contributed by atoms with Crippen molar-refractivity contribution >= 4 is 43.8 Å². The number of alkyl halides is 2. The van der Waals surface area contributed by atoms with Crippen LogP contribution in [0.3, 0.4) is 0 Å². The molecule has 1 heterocycles. The highest BCUT2D eigenvalue weighted by molar-refractivity contribution is 9.12. The van der Waals surface area contributed by atoms with Crippen molar-refractivity contribution in [2.45, 2.75) is 35.9 Å². The van der Waals surface area contributed by atoms with Crippen LogP contribution in [0.4, 0.5) is 0 Å². The van der Waals surface area contributed by atoms with Crippen LogP contribution in [0.15, 0.2) is 0 Å². The lowest BCUT2D eigenvalue weighted by Crippen LogP contribution is -2.35. The SMILES string of the molecule is CC(=O)OC[C@H]1O[C@H](Br)[C@@H](Br)[C@@H]1OC(C)=O. The van der Waals surface area contributed by atoms with Crippen molar-refractivity contribution in [2.24, 2.45) is 0 Å². The van der Waals surface area contributed by atoms with E-state index in [2.05, 4.69) is 31.9 Å². The van der Waals surface area contributed by atoms with Crippen LogP contribution in [0.5, 0.6) is 0 Å². The van der Waals surface area contributed by atoms with E-state index in [1.54, 1.807) is 0 Å². The fourth-order valence-corrected chi connectivity index (χ4v) is 2.49. The van der Waals surface area contributed by atoms with Crippen LogP contribution in [0.25, 0.3) is 0 Å². The van der Waals surface area contributed by atoms with Crippen molar-refractivity contribution in [1.82, 2.24) is 0 Å². The summed E-state index contributed by atoms with van der Waals surface area (Å²) in [6.07, 6.45) is -0.928. The summed E-state index contributed by atoms with van der Waals surface area (Å²) in [5.41, 5.74) is 0. The lowest BCUT2D eigenvalue weighted by molar-refractivity contribution is -0.154. The summed E-state index contributed by atoms with van der Waals surface area (Å²) < 4.78 is 15.4. The van der Waals surface area contributed by atoms with Crippen LogP contribution >= 0.6 is 31.9 Å². The third kappa shape index (κ3) is 3.71. The van der Waals surface area contributed by atoms with Gasteiger partial charge in [0.2, 0.25) is 0 Å². The zero-order valence-corrected chi connectivity index (χ0v) is 12.0. The minimum Gasteiger partial charge on any atom is -0.463 e. The molecule has 0 N–H and O–H groups in total. The van der Waals surface area contributed by atoms with E-state index in [1.807, 2.05) is 0 Å². The molecule has 4 atom stereocenters. The molecule has 0 saturated carbocycles. The van der Waals surface area contributed by atoms with E-state index in [0.717, 1.165) is 0 Å². The van der Waals surface area contributed by atoms with E-state index in [1.165, 1.54) is 13.8 Å². The van der Waals surface area contributed by atoms with E-state index in [4.69, 9.17) is 14.2 Å². The minimum atomic E-state index is -0.471.